The minimum absolute atomic E-state index is 0.0222. The van der Waals surface area contributed by atoms with Gasteiger partial charge in [-0.25, -0.2) is 0 Å². The highest BCUT2D eigenvalue weighted by atomic mass is 16.5. The highest BCUT2D eigenvalue weighted by Crippen LogP contribution is 2.34. The van der Waals surface area contributed by atoms with Gasteiger partial charge in [-0.1, -0.05) is 30.3 Å². The Labute approximate surface area is 238 Å². The molecule has 2 aromatic rings. The molecule has 4 rings (SSSR count). The van der Waals surface area contributed by atoms with Crippen LogP contribution in [0.4, 0.5) is 5.69 Å². The zero-order valence-electron chi connectivity index (χ0n) is 24.4. The number of carbonyl (C=O) groups is 1. The average molecular weight is 556 g/mol. The number of hydrogen-bond acceptors (Lipinski definition) is 8. The van der Waals surface area contributed by atoms with Crippen molar-refractivity contribution in [2.75, 3.05) is 78.7 Å². The van der Waals surface area contributed by atoms with Gasteiger partial charge in [-0.05, 0) is 42.2 Å². The molecule has 1 N–H and O–H groups in total. The van der Waals surface area contributed by atoms with Gasteiger partial charge in [0.25, 0.3) is 0 Å². The predicted molar refractivity (Wildman–Crippen MR) is 155 cm³/mol. The quantitative estimate of drug-likeness (QED) is 0.356. The summed E-state index contributed by atoms with van der Waals surface area (Å²) < 4.78 is 29.3. The maximum absolute atomic E-state index is 12.5. The number of hydrogen-bond donors (Lipinski definition) is 1. The van der Waals surface area contributed by atoms with E-state index in [4.69, 9.17) is 23.7 Å². The molecule has 9 heteroatoms. The van der Waals surface area contributed by atoms with Crippen LogP contribution < -0.4 is 15.0 Å². The third kappa shape index (κ3) is 7.95. The molecule has 0 radical (unpaired) electrons. The van der Waals surface area contributed by atoms with Crippen molar-refractivity contribution in [1.82, 2.24) is 10.2 Å². The number of benzene rings is 2. The largest absolute Gasteiger partial charge is 0.490 e. The number of rotatable bonds is 14. The smallest absolute Gasteiger partial charge is 0.248 e. The number of likely N-dealkylation sites (N-methyl/N-ethyl adjacent to an activating group) is 1. The number of methoxy groups -OCH3 is 2. The fraction of sp³-hybridized carbons (Fsp3) is 0.581. The van der Waals surface area contributed by atoms with Crippen LogP contribution in [0.25, 0.3) is 0 Å². The van der Waals surface area contributed by atoms with E-state index in [1.807, 2.05) is 13.0 Å². The molecule has 1 unspecified atom stereocenters. The number of ether oxygens (including phenoxy) is 5. The van der Waals surface area contributed by atoms with Gasteiger partial charge in [0, 0.05) is 60.0 Å². The first-order valence-corrected chi connectivity index (χ1v) is 14.3. The first kappa shape index (κ1) is 30.3. The maximum Gasteiger partial charge on any atom is 0.248 e. The molecule has 0 bridgehead atoms. The van der Waals surface area contributed by atoms with E-state index in [0.717, 1.165) is 54.2 Å². The number of fused-ring (bicyclic) bond motifs is 1. The molecular weight excluding hydrogens is 510 g/mol. The molecule has 1 saturated heterocycles. The molecule has 0 spiro atoms. The second-order valence-electron chi connectivity index (χ2n) is 10.4. The van der Waals surface area contributed by atoms with E-state index in [1.54, 1.807) is 26.2 Å². The SMILES string of the molecule is CCN(C)C(=O)CO[C@@H]1CNC[C@H](OCc2ccc3c(c2)N(CCCOC)CCO3)C1c1ccc(COC)cc1. The lowest BCUT2D eigenvalue weighted by Crippen LogP contribution is -2.51. The molecule has 3 atom stereocenters. The predicted octanol–water partition coefficient (Wildman–Crippen LogP) is 3.20. The molecule has 9 nitrogen and oxygen atoms in total. The number of amides is 1. The second kappa shape index (κ2) is 15.3. The van der Waals surface area contributed by atoms with Gasteiger partial charge in [-0.2, -0.15) is 0 Å². The molecular formula is C31H45N3O6. The molecule has 2 aliphatic rings. The van der Waals surface area contributed by atoms with Crippen molar-refractivity contribution >= 4 is 11.6 Å². The summed E-state index contributed by atoms with van der Waals surface area (Å²) in [6.07, 6.45) is 0.637. The number of nitrogens with one attached hydrogen (secondary N) is 1. The van der Waals surface area contributed by atoms with Crippen molar-refractivity contribution in [3.05, 3.63) is 59.2 Å². The Kier molecular flexibility index (Phi) is 11.6. The van der Waals surface area contributed by atoms with Crippen molar-refractivity contribution < 1.29 is 28.5 Å². The first-order chi connectivity index (χ1) is 19.5. The summed E-state index contributed by atoms with van der Waals surface area (Å²) in [5, 5.41) is 3.47. The monoisotopic (exact) mass is 555 g/mol. The first-order valence-electron chi connectivity index (χ1n) is 14.3. The summed E-state index contributed by atoms with van der Waals surface area (Å²) in [6.45, 7) is 8.25. The minimum Gasteiger partial charge on any atom is -0.490 e. The van der Waals surface area contributed by atoms with Crippen molar-refractivity contribution in [3.63, 3.8) is 0 Å². The van der Waals surface area contributed by atoms with Gasteiger partial charge < -0.3 is 38.8 Å². The van der Waals surface area contributed by atoms with E-state index in [0.29, 0.717) is 39.5 Å². The zero-order valence-corrected chi connectivity index (χ0v) is 24.4. The topological polar surface area (TPSA) is 81.7 Å². The number of piperidine rings is 1. The maximum atomic E-state index is 12.5. The van der Waals surface area contributed by atoms with Gasteiger partial charge >= 0.3 is 0 Å². The van der Waals surface area contributed by atoms with E-state index in [9.17, 15) is 4.79 Å². The molecule has 1 amide bonds. The van der Waals surface area contributed by atoms with Crippen molar-refractivity contribution in [2.24, 2.45) is 0 Å². The lowest BCUT2D eigenvalue weighted by Gasteiger charge is -2.39. The average Bonchev–Trinajstić information content (AvgIpc) is 2.99. The van der Waals surface area contributed by atoms with Crippen molar-refractivity contribution in [3.8, 4) is 5.75 Å². The zero-order chi connectivity index (χ0) is 28.3. The van der Waals surface area contributed by atoms with Crippen LogP contribution in [-0.2, 0) is 37.0 Å². The second-order valence-corrected chi connectivity index (χ2v) is 10.4. The summed E-state index contributed by atoms with van der Waals surface area (Å²) >= 11 is 0. The Morgan fingerprint density at radius 1 is 1.02 bits per heavy atom. The van der Waals surface area contributed by atoms with Gasteiger partial charge in [0.15, 0.2) is 0 Å². The molecule has 1 fully saturated rings. The lowest BCUT2D eigenvalue weighted by molar-refractivity contribution is -0.139. The third-order valence-electron chi connectivity index (χ3n) is 7.71. The van der Waals surface area contributed by atoms with Crippen LogP contribution in [-0.4, -0.2) is 96.8 Å². The molecule has 0 saturated carbocycles. The Morgan fingerprint density at radius 3 is 2.50 bits per heavy atom. The molecule has 220 valence electrons. The highest BCUT2D eigenvalue weighted by Gasteiger charge is 2.36. The lowest BCUT2D eigenvalue weighted by atomic mass is 9.85. The third-order valence-corrected chi connectivity index (χ3v) is 7.71. The molecule has 0 aromatic heterocycles. The molecule has 2 aliphatic heterocycles. The van der Waals surface area contributed by atoms with Gasteiger partial charge in [0.05, 0.1) is 37.7 Å². The standard InChI is InChI=1S/C31H45N3O6/c1-5-33(2)30(35)22-40-29-19-32-18-28(31(29)25-10-7-23(8-11-25)20-37-4)39-21-24-9-12-27-26(17-24)34(14-16-38-27)13-6-15-36-3/h7-12,17,28-29,31-32H,5-6,13-16,18-22H2,1-4H3/t28-,29+,31?/m0/s1. The Bertz CT molecular complexity index is 1070. The molecule has 40 heavy (non-hydrogen) atoms. The number of anilines is 1. The summed E-state index contributed by atoms with van der Waals surface area (Å²) in [5.74, 6) is 0.867. The van der Waals surface area contributed by atoms with Crippen molar-refractivity contribution in [2.45, 2.75) is 44.7 Å². The minimum atomic E-state index is -0.200. The van der Waals surface area contributed by atoms with Crippen LogP contribution in [0.5, 0.6) is 5.75 Å². The van der Waals surface area contributed by atoms with Gasteiger partial charge in [0.2, 0.25) is 5.91 Å². The molecule has 2 aromatic carbocycles. The van der Waals surface area contributed by atoms with Crippen LogP contribution in [0, 0.1) is 0 Å². The van der Waals surface area contributed by atoms with Gasteiger partial charge in [0.1, 0.15) is 19.0 Å². The van der Waals surface area contributed by atoms with Crippen LogP contribution >= 0.6 is 0 Å². The van der Waals surface area contributed by atoms with Gasteiger partial charge in [-0.15, -0.1) is 0 Å². The van der Waals surface area contributed by atoms with Crippen molar-refractivity contribution in [1.29, 1.82) is 0 Å². The molecule has 0 aliphatic carbocycles. The summed E-state index contributed by atoms with van der Waals surface area (Å²) in [5.41, 5.74) is 4.45. The summed E-state index contributed by atoms with van der Waals surface area (Å²) in [4.78, 5) is 16.6. The summed E-state index contributed by atoms with van der Waals surface area (Å²) in [6, 6.07) is 14.7. The Hall–Kier alpha value is -2.69. The van der Waals surface area contributed by atoms with Gasteiger partial charge in [-0.3, -0.25) is 4.79 Å². The van der Waals surface area contributed by atoms with E-state index in [2.05, 4.69) is 46.6 Å². The normalized spacial score (nSPS) is 20.6. The fourth-order valence-corrected chi connectivity index (χ4v) is 5.33. The van der Waals surface area contributed by atoms with E-state index in [1.165, 1.54) is 0 Å². The van der Waals surface area contributed by atoms with E-state index in [-0.39, 0.29) is 30.6 Å². The number of nitrogens with zero attached hydrogens (tertiary/aromatic N) is 2. The van der Waals surface area contributed by atoms with Crippen LogP contribution in [0.15, 0.2) is 42.5 Å². The summed E-state index contributed by atoms with van der Waals surface area (Å²) in [7, 11) is 5.23. The fourth-order valence-electron chi connectivity index (χ4n) is 5.33. The van der Waals surface area contributed by atoms with E-state index >= 15 is 0 Å². The van der Waals surface area contributed by atoms with Crippen LogP contribution in [0.2, 0.25) is 0 Å². The van der Waals surface area contributed by atoms with Crippen LogP contribution in [0.3, 0.4) is 0 Å². The Balaban J connectivity index is 1.49. The highest BCUT2D eigenvalue weighted by molar-refractivity contribution is 5.77. The van der Waals surface area contributed by atoms with Crippen LogP contribution in [0.1, 0.15) is 36.0 Å². The number of carbonyl (C=O) groups excluding carboxylic acids is 1. The Morgan fingerprint density at radius 2 is 1.77 bits per heavy atom. The van der Waals surface area contributed by atoms with E-state index < -0.39 is 0 Å². The molecule has 2 heterocycles.